The lowest BCUT2D eigenvalue weighted by molar-refractivity contribution is -0.137. The fraction of sp³-hybridized carbons (Fsp3) is 0.682. The molecule has 182 valence electrons. The zero-order valence-corrected chi connectivity index (χ0v) is 20.7. The SMILES string of the molecule is CCNC(=NCC(O)COCC1CC1)NC1CCN(Cc2ccc(C(F)(F)F)cc2)C1.I. The molecule has 0 radical (unpaired) electrons. The lowest BCUT2D eigenvalue weighted by Gasteiger charge is -2.19. The van der Waals surface area contributed by atoms with E-state index in [1.165, 1.54) is 12.8 Å². The molecule has 10 heteroatoms. The number of benzene rings is 1. The van der Waals surface area contributed by atoms with E-state index in [0.717, 1.165) is 43.8 Å². The van der Waals surface area contributed by atoms with Crippen LogP contribution in [0.25, 0.3) is 0 Å². The maximum absolute atomic E-state index is 12.7. The lowest BCUT2D eigenvalue weighted by atomic mass is 10.1. The molecule has 1 aromatic carbocycles. The summed E-state index contributed by atoms with van der Waals surface area (Å²) in [5.41, 5.74) is 0.243. The molecule has 32 heavy (non-hydrogen) atoms. The Morgan fingerprint density at radius 2 is 1.97 bits per heavy atom. The number of alkyl halides is 3. The van der Waals surface area contributed by atoms with Gasteiger partial charge in [-0.2, -0.15) is 13.2 Å². The maximum Gasteiger partial charge on any atom is 0.416 e. The summed E-state index contributed by atoms with van der Waals surface area (Å²) in [7, 11) is 0. The van der Waals surface area contributed by atoms with Crippen LogP contribution in [-0.4, -0.2) is 67.5 Å². The number of hydrogen-bond donors (Lipinski definition) is 3. The summed E-state index contributed by atoms with van der Waals surface area (Å²) < 4.78 is 43.6. The summed E-state index contributed by atoms with van der Waals surface area (Å²) in [6.45, 7) is 6.22. The third-order valence-electron chi connectivity index (χ3n) is 5.47. The molecule has 1 saturated carbocycles. The molecule has 0 aromatic heterocycles. The number of halogens is 4. The highest BCUT2D eigenvalue weighted by Gasteiger charge is 2.30. The molecule has 0 amide bonds. The largest absolute Gasteiger partial charge is 0.416 e. The zero-order valence-electron chi connectivity index (χ0n) is 18.4. The van der Waals surface area contributed by atoms with Gasteiger partial charge >= 0.3 is 6.18 Å². The minimum Gasteiger partial charge on any atom is -0.389 e. The van der Waals surface area contributed by atoms with Crippen molar-refractivity contribution in [2.75, 3.05) is 39.4 Å². The molecule has 2 unspecified atom stereocenters. The van der Waals surface area contributed by atoms with Gasteiger partial charge in [-0.3, -0.25) is 9.89 Å². The smallest absolute Gasteiger partial charge is 0.389 e. The summed E-state index contributed by atoms with van der Waals surface area (Å²) in [5, 5.41) is 16.7. The average Bonchev–Trinajstić information content (AvgIpc) is 3.44. The molecule has 0 spiro atoms. The number of aliphatic hydroxyl groups excluding tert-OH is 1. The topological polar surface area (TPSA) is 69.1 Å². The molecule has 1 aromatic rings. The highest BCUT2D eigenvalue weighted by Crippen LogP contribution is 2.29. The summed E-state index contributed by atoms with van der Waals surface area (Å²) in [5.74, 6) is 1.33. The van der Waals surface area contributed by atoms with E-state index >= 15 is 0 Å². The molecule has 1 saturated heterocycles. The van der Waals surface area contributed by atoms with Crippen LogP contribution in [0.3, 0.4) is 0 Å². The molecule has 3 N–H and O–H groups in total. The van der Waals surface area contributed by atoms with Gasteiger partial charge in [0, 0.05) is 38.8 Å². The molecular formula is C22H34F3IN4O2. The van der Waals surface area contributed by atoms with Crippen LogP contribution in [0.4, 0.5) is 13.2 Å². The van der Waals surface area contributed by atoms with Crippen LogP contribution in [0.15, 0.2) is 29.3 Å². The monoisotopic (exact) mass is 570 g/mol. The van der Waals surface area contributed by atoms with Crippen molar-refractivity contribution >= 4 is 29.9 Å². The molecular weight excluding hydrogens is 536 g/mol. The molecule has 3 rings (SSSR count). The van der Waals surface area contributed by atoms with E-state index in [4.69, 9.17) is 4.74 Å². The second-order valence-corrected chi connectivity index (χ2v) is 8.41. The van der Waals surface area contributed by atoms with Gasteiger partial charge in [0.2, 0.25) is 0 Å². The van der Waals surface area contributed by atoms with E-state index in [9.17, 15) is 18.3 Å². The van der Waals surface area contributed by atoms with Gasteiger partial charge in [-0.05, 0) is 49.8 Å². The molecule has 2 fully saturated rings. The van der Waals surface area contributed by atoms with E-state index in [1.54, 1.807) is 12.1 Å². The minimum atomic E-state index is -4.31. The number of hydrogen-bond acceptors (Lipinski definition) is 4. The van der Waals surface area contributed by atoms with Crippen molar-refractivity contribution in [1.29, 1.82) is 0 Å². The summed E-state index contributed by atoms with van der Waals surface area (Å²) >= 11 is 0. The second-order valence-electron chi connectivity index (χ2n) is 8.41. The fourth-order valence-corrected chi connectivity index (χ4v) is 3.57. The van der Waals surface area contributed by atoms with E-state index < -0.39 is 17.8 Å². The first-order chi connectivity index (χ1) is 14.8. The van der Waals surface area contributed by atoms with E-state index in [0.29, 0.717) is 31.6 Å². The van der Waals surface area contributed by atoms with Gasteiger partial charge in [-0.15, -0.1) is 24.0 Å². The van der Waals surface area contributed by atoms with Crippen LogP contribution in [0.1, 0.15) is 37.3 Å². The standard InChI is InChI=1S/C22H33F3N4O2.HI/c1-2-26-21(27-11-20(30)15-31-14-17-3-4-17)28-19-9-10-29(13-19)12-16-5-7-18(8-6-16)22(23,24)25;/h5-8,17,19-20,30H,2-4,9-15H2,1H3,(H2,26,27,28);1H. The number of likely N-dealkylation sites (tertiary alicyclic amines) is 1. The predicted molar refractivity (Wildman–Crippen MR) is 129 cm³/mol. The quantitative estimate of drug-likeness (QED) is 0.229. The van der Waals surface area contributed by atoms with Gasteiger partial charge in [-0.1, -0.05) is 12.1 Å². The number of aliphatic hydroxyl groups is 1. The predicted octanol–water partition coefficient (Wildman–Crippen LogP) is 3.24. The third kappa shape index (κ3) is 9.40. The lowest BCUT2D eigenvalue weighted by Crippen LogP contribution is -2.45. The molecule has 1 aliphatic heterocycles. The summed E-state index contributed by atoms with van der Waals surface area (Å²) in [6.07, 6.45) is -1.58. The Morgan fingerprint density at radius 1 is 1.25 bits per heavy atom. The minimum absolute atomic E-state index is 0. The Labute approximate surface area is 205 Å². The van der Waals surface area contributed by atoms with Gasteiger partial charge in [0.25, 0.3) is 0 Å². The van der Waals surface area contributed by atoms with E-state index in [2.05, 4.69) is 20.5 Å². The Morgan fingerprint density at radius 3 is 2.59 bits per heavy atom. The first-order valence-corrected chi connectivity index (χ1v) is 11.0. The first-order valence-electron chi connectivity index (χ1n) is 11.0. The van der Waals surface area contributed by atoms with Gasteiger partial charge in [0.05, 0.1) is 24.8 Å². The molecule has 1 heterocycles. The van der Waals surface area contributed by atoms with Crippen LogP contribution in [0.2, 0.25) is 0 Å². The second kappa shape index (κ2) is 13.0. The van der Waals surface area contributed by atoms with Crippen LogP contribution >= 0.6 is 24.0 Å². The van der Waals surface area contributed by atoms with Gasteiger partial charge < -0.3 is 20.5 Å². The van der Waals surface area contributed by atoms with E-state index in [1.807, 2.05) is 6.92 Å². The van der Waals surface area contributed by atoms with Crippen LogP contribution < -0.4 is 10.6 Å². The van der Waals surface area contributed by atoms with Crippen LogP contribution in [0.5, 0.6) is 0 Å². The Kier molecular flexibility index (Phi) is 11.0. The van der Waals surface area contributed by atoms with Crippen molar-refractivity contribution in [3.8, 4) is 0 Å². The number of guanidine groups is 1. The van der Waals surface area contributed by atoms with Crippen LogP contribution in [0, 0.1) is 5.92 Å². The summed E-state index contributed by atoms with van der Waals surface area (Å²) in [6, 6.07) is 5.55. The Hall–Kier alpha value is -1.11. The van der Waals surface area contributed by atoms with Crippen molar-refractivity contribution in [1.82, 2.24) is 15.5 Å². The number of rotatable bonds is 10. The Bertz CT molecular complexity index is 714. The maximum atomic E-state index is 12.7. The molecule has 0 bridgehead atoms. The van der Waals surface area contributed by atoms with Crippen molar-refractivity contribution in [2.45, 2.75) is 51.1 Å². The summed E-state index contributed by atoms with van der Waals surface area (Å²) in [4.78, 5) is 6.68. The molecule has 6 nitrogen and oxygen atoms in total. The third-order valence-corrected chi connectivity index (χ3v) is 5.47. The van der Waals surface area contributed by atoms with Crippen molar-refractivity contribution in [2.24, 2.45) is 10.9 Å². The van der Waals surface area contributed by atoms with Crippen molar-refractivity contribution < 1.29 is 23.0 Å². The molecule has 2 atom stereocenters. The Balaban J connectivity index is 0.00000363. The number of nitrogens with zero attached hydrogens (tertiary/aromatic N) is 2. The highest BCUT2D eigenvalue weighted by molar-refractivity contribution is 14.0. The number of ether oxygens (including phenoxy) is 1. The van der Waals surface area contributed by atoms with Crippen LogP contribution in [-0.2, 0) is 17.5 Å². The average molecular weight is 570 g/mol. The van der Waals surface area contributed by atoms with Gasteiger partial charge in [0.15, 0.2) is 5.96 Å². The fourth-order valence-electron chi connectivity index (χ4n) is 3.57. The van der Waals surface area contributed by atoms with Gasteiger partial charge in [-0.25, -0.2) is 0 Å². The van der Waals surface area contributed by atoms with Crippen molar-refractivity contribution in [3.05, 3.63) is 35.4 Å². The molecule has 1 aliphatic carbocycles. The van der Waals surface area contributed by atoms with Gasteiger partial charge in [0.1, 0.15) is 0 Å². The number of nitrogens with one attached hydrogen (secondary N) is 2. The normalized spacial score (nSPS) is 20.7. The van der Waals surface area contributed by atoms with E-state index in [-0.39, 0.29) is 36.6 Å². The van der Waals surface area contributed by atoms with Crippen molar-refractivity contribution in [3.63, 3.8) is 0 Å². The first kappa shape index (κ1) is 27.1. The number of aliphatic imine (C=N–C) groups is 1. The zero-order chi connectivity index (χ0) is 22.3. The highest BCUT2D eigenvalue weighted by atomic mass is 127. The molecule has 2 aliphatic rings.